The molecule has 4 nitrogen and oxygen atoms in total. The first-order valence-electron chi connectivity index (χ1n) is 6.56. The van der Waals surface area contributed by atoms with Crippen LogP contribution in [0.1, 0.15) is 11.1 Å². The van der Waals surface area contributed by atoms with Crippen LogP contribution in [0.5, 0.6) is 0 Å². The van der Waals surface area contributed by atoms with Gasteiger partial charge in [-0.2, -0.15) is 0 Å². The highest BCUT2D eigenvalue weighted by atomic mass is 15.1. The number of pyridine rings is 1. The van der Waals surface area contributed by atoms with Crippen molar-refractivity contribution in [2.24, 2.45) is 5.73 Å². The fourth-order valence-corrected chi connectivity index (χ4v) is 2.18. The summed E-state index contributed by atoms with van der Waals surface area (Å²) >= 11 is 0. The Bertz CT molecular complexity index is 671. The van der Waals surface area contributed by atoms with Crippen molar-refractivity contribution in [3.63, 3.8) is 0 Å². The topological polar surface area (TPSA) is 56.7 Å². The summed E-state index contributed by atoms with van der Waals surface area (Å²) in [6, 6.07) is 12.3. The van der Waals surface area contributed by atoms with Crippen molar-refractivity contribution in [3.05, 3.63) is 72.3 Å². The van der Waals surface area contributed by atoms with E-state index in [1.807, 2.05) is 24.5 Å². The van der Waals surface area contributed by atoms with Crippen LogP contribution in [-0.4, -0.2) is 14.5 Å². The number of hydrogen-bond acceptors (Lipinski definition) is 3. The van der Waals surface area contributed by atoms with E-state index >= 15 is 0 Å². The molecular weight excluding hydrogens is 248 g/mol. The van der Waals surface area contributed by atoms with Gasteiger partial charge in [0, 0.05) is 43.4 Å². The largest absolute Gasteiger partial charge is 0.327 e. The lowest BCUT2D eigenvalue weighted by molar-refractivity contribution is 0.806. The summed E-state index contributed by atoms with van der Waals surface area (Å²) in [7, 11) is 0. The molecule has 0 spiro atoms. The van der Waals surface area contributed by atoms with E-state index in [0.29, 0.717) is 6.54 Å². The quantitative estimate of drug-likeness (QED) is 0.787. The molecule has 20 heavy (non-hydrogen) atoms. The third kappa shape index (κ3) is 2.60. The van der Waals surface area contributed by atoms with Gasteiger partial charge in [0.15, 0.2) is 0 Å². The zero-order chi connectivity index (χ0) is 13.8. The van der Waals surface area contributed by atoms with E-state index in [0.717, 1.165) is 23.5 Å². The molecule has 0 unspecified atom stereocenters. The van der Waals surface area contributed by atoms with E-state index in [1.165, 1.54) is 5.56 Å². The first-order valence-corrected chi connectivity index (χ1v) is 6.56. The van der Waals surface area contributed by atoms with Gasteiger partial charge in [-0.1, -0.05) is 24.3 Å². The van der Waals surface area contributed by atoms with Crippen molar-refractivity contribution in [1.29, 1.82) is 0 Å². The molecular formula is C16H16N4. The van der Waals surface area contributed by atoms with Crippen LogP contribution in [0.3, 0.4) is 0 Å². The van der Waals surface area contributed by atoms with Crippen molar-refractivity contribution in [2.45, 2.75) is 13.1 Å². The molecule has 1 aromatic carbocycles. The summed E-state index contributed by atoms with van der Waals surface area (Å²) in [4.78, 5) is 8.47. The third-order valence-electron chi connectivity index (χ3n) is 3.27. The SMILES string of the molecule is NCc1ccc(Cn2ccnc2-c2ccncc2)cc1. The van der Waals surface area contributed by atoms with E-state index < -0.39 is 0 Å². The van der Waals surface area contributed by atoms with Crippen LogP contribution in [0.15, 0.2) is 61.2 Å². The molecule has 2 aromatic heterocycles. The van der Waals surface area contributed by atoms with Crippen LogP contribution in [0.4, 0.5) is 0 Å². The number of hydrogen-bond donors (Lipinski definition) is 1. The average Bonchev–Trinajstić information content (AvgIpc) is 2.97. The summed E-state index contributed by atoms with van der Waals surface area (Å²) in [5.74, 6) is 0.954. The van der Waals surface area contributed by atoms with Crippen LogP contribution in [0.2, 0.25) is 0 Å². The monoisotopic (exact) mass is 264 g/mol. The van der Waals surface area contributed by atoms with Gasteiger partial charge >= 0.3 is 0 Å². The molecule has 100 valence electrons. The summed E-state index contributed by atoms with van der Waals surface area (Å²) < 4.78 is 2.13. The van der Waals surface area contributed by atoms with Crippen molar-refractivity contribution < 1.29 is 0 Å². The first kappa shape index (κ1) is 12.6. The standard InChI is InChI=1S/C16H16N4/c17-11-13-1-3-14(4-2-13)12-20-10-9-19-16(20)15-5-7-18-8-6-15/h1-10H,11-12,17H2. The average molecular weight is 264 g/mol. The summed E-state index contributed by atoms with van der Waals surface area (Å²) in [5.41, 5.74) is 9.07. The normalized spacial score (nSPS) is 10.7. The van der Waals surface area contributed by atoms with Crippen molar-refractivity contribution in [1.82, 2.24) is 14.5 Å². The summed E-state index contributed by atoms with van der Waals surface area (Å²) in [6.07, 6.45) is 7.38. The molecule has 0 radical (unpaired) electrons. The molecule has 4 heteroatoms. The molecule has 2 N–H and O–H groups in total. The fraction of sp³-hybridized carbons (Fsp3) is 0.125. The van der Waals surface area contributed by atoms with E-state index in [2.05, 4.69) is 38.8 Å². The maximum atomic E-state index is 5.61. The Labute approximate surface area is 117 Å². The number of rotatable bonds is 4. The molecule has 0 bridgehead atoms. The number of aromatic nitrogens is 3. The number of imidazole rings is 1. The van der Waals surface area contributed by atoms with Crippen molar-refractivity contribution >= 4 is 0 Å². The van der Waals surface area contributed by atoms with Crippen molar-refractivity contribution in [2.75, 3.05) is 0 Å². The molecule has 0 saturated carbocycles. The molecule has 0 aliphatic heterocycles. The van der Waals surface area contributed by atoms with Crippen LogP contribution >= 0.6 is 0 Å². The molecule has 0 saturated heterocycles. The highest BCUT2D eigenvalue weighted by Gasteiger charge is 2.06. The Morgan fingerprint density at radius 3 is 2.30 bits per heavy atom. The lowest BCUT2D eigenvalue weighted by atomic mass is 10.1. The number of nitrogens with two attached hydrogens (primary N) is 1. The molecule has 0 amide bonds. The second kappa shape index (κ2) is 5.67. The molecule has 0 fully saturated rings. The first-order chi connectivity index (χ1) is 9.86. The molecule has 3 rings (SSSR count). The lowest BCUT2D eigenvalue weighted by Gasteiger charge is -2.08. The number of benzene rings is 1. The third-order valence-corrected chi connectivity index (χ3v) is 3.27. The van der Waals surface area contributed by atoms with Crippen molar-refractivity contribution in [3.8, 4) is 11.4 Å². The zero-order valence-electron chi connectivity index (χ0n) is 11.1. The maximum absolute atomic E-state index is 5.61. The summed E-state index contributed by atoms with van der Waals surface area (Å²) in [5, 5.41) is 0. The van der Waals surface area contributed by atoms with E-state index in [4.69, 9.17) is 5.73 Å². The van der Waals surface area contributed by atoms with Crippen LogP contribution in [0.25, 0.3) is 11.4 Å². The van der Waals surface area contributed by atoms with E-state index in [-0.39, 0.29) is 0 Å². The second-order valence-corrected chi connectivity index (χ2v) is 4.64. The lowest BCUT2D eigenvalue weighted by Crippen LogP contribution is -2.02. The van der Waals surface area contributed by atoms with Gasteiger partial charge in [0.05, 0.1) is 0 Å². The Kier molecular flexibility index (Phi) is 3.56. The highest BCUT2D eigenvalue weighted by molar-refractivity contribution is 5.54. The van der Waals surface area contributed by atoms with Crippen LogP contribution in [0, 0.1) is 0 Å². The van der Waals surface area contributed by atoms with E-state index in [9.17, 15) is 0 Å². The molecule has 0 atom stereocenters. The molecule has 2 heterocycles. The minimum atomic E-state index is 0.577. The smallest absolute Gasteiger partial charge is 0.140 e. The van der Waals surface area contributed by atoms with Gasteiger partial charge < -0.3 is 10.3 Å². The predicted molar refractivity (Wildman–Crippen MR) is 78.9 cm³/mol. The highest BCUT2D eigenvalue weighted by Crippen LogP contribution is 2.17. The number of nitrogens with zero attached hydrogens (tertiary/aromatic N) is 3. The fourth-order valence-electron chi connectivity index (χ4n) is 2.18. The van der Waals surface area contributed by atoms with E-state index in [1.54, 1.807) is 12.4 Å². The molecule has 3 aromatic rings. The van der Waals surface area contributed by atoms with Gasteiger partial charge in [-0.25, -0.2) is 4.98 Å². The van der Waals surface area contributed by atoms with Gasteiger partial charge in [-0.05, 0) is 23.3 Å². The zero-order valence-corrected chi connectivity index (χ0v) is 11.1. The summed E-state index contributed by atoms with van der Waals surface area (Å²) in [6.45, 7) is 1.37. The Morgan fingerprint density at radius 2 is 1.60 bits per heavy atom. The Hall–Kier alpha value is -2.46. The van der Waals surface area contributed by atoms with Gasteiger partial charge in [-0.3, -0.25) is 4.98 Å². The minimum Gasteiger partial charge on any atom is -0.327 e. The Balaban J connectivity index is 1.86. The van der Waals surface area contributed by atoms with Crippen LogP contribution in [-0.2, 0) is 13.1 Å². The Morgan fingerprint density at radius 1 is 0.900 bits per heavy atom. The van der Waals surface area contributed by atoms with Crippen LogP contribution < -0.4 is 5.73 Å². The predicted octanol–water partition coefficient (Wildman–Crippen LogP) is 2.45. The molecule has 0 aliphatic carbocycles. The maximum Gasteiger partial charge on any atom is 0.140 e. The second-order valence-electron chi connectivity index (χ2n) is 4.64. The minimum absolute atomic E-state index is 0.577. The molecule has 0 aliphatic rings. The van der Waals surface area contributed by atoms with Gasteiger partial charge in [0.2, 0.25) is 0 Å². The van der Waals surface area contributed by atoms with Gasteiger partial charge in [0.1, 0.15) is 5.82 Å². The van der Waals surface area contributed by atoms with Gasteiger partial charge in [-0.15, -0.1) is 0 Å². The van der Waals surface area contributed by atoms with Gasteiger partial charge in [0.25, 0.3) is 0 Å².